The maximum atomic E-state index is 6.08. The molecular formula is C22H29N7. The summed E-state index contributed by atoms with van der Waals surface area (Å²) in [5.74, 6) is 0.639. The SMILES string of the molecule is NC1CCC(n2ccc3cnc(Nc4ccc(N5CCNCC5)cc4)nc32)CC1. The Kier molecular flexibility index (Phi) is 5.08. The molecule has 29 heavy (non-hydrogen) atoms. The van der Waals surface area contributed by atoms with Crippen molar-refractivity contribution in [1.82, 2.24) is 19.9 Å². The number of hydrogen-bond acceptors (Lipinski definition) is 6. The van der Waals surface area contributed by atoms with Crippen molar-refractivity contribution in [2.75, 3.05) is 36.4 Å². The summed E-state index contributed by atoms with van der Waals surface area (Å²) in [6.07, 6.45) is 8.45. The molecule has 1 aliphatic carbocycles. The van der Waals surface area contributed by atoms with Crippen LogP contribution >= 0.6 is 0 Å². The van der Waals surface area contributed by atoms with E-state index < -0.39 is 0 Å². The van der Waals surface area contributed by atoms with Crippen LogP contribution in [0.25, 0.3) is 11.0 Å². The first kappa shape index (κ1) is 18.4. The summed E-state index contributed by atoms with van der Waals surface area (Å²) >= 11 is 0. The molecule has 0 atom stereocenters. The van der Waals surface area contributed by atoms with E-state index in [4.69, 9.17) is 10.7 Å². The van der Waals surface area contributed by atoms with Crippen LogP contribution in [0.4, 0.5) is 17.3 Å². The Labute approximate surface area is 171 Å². The zero-order valence-electron chi connectivity index (χ0n) is 16.7. The highest BCUT2D eigenvalue weighted by Gasteiger charge is 2.21. The van der Waals surface area contributed by atoms with E-state index in [0.717, 1.165) is 68.6 Å². The normalized spacial score (nSPS) is 22.7. The predicted molar refractivity (Wildman–Crippen MR) is 118 cm³/mol. The summed E-state index contributed by atoms with van der Waals surface area (Å²) in [7, 11) is 0. The van der Waals surface area contributed by atoms with Gasteiger partial charge in [-0.25, -0.2) is 4.98 Å². The molecule has 0 radical (unpaired) electrons. The average Bonchev–Trinajstić information content (AvgIpc) is 3.19. The summed E-state index contributed by atoms with van der Waals surface area (Å²) < 4.78 is 2.31. The lowest BCUT2D eigenvalue weighted by Crippen LogP contribution is -2.43. The number of rotatable bonds is 4. The molecule has 1 saturated carbocycles. The summed E-state index contributed by atoms with van der Waals surface area (Å²) in [6.45, 7) is 4.19. The molecule has 0 bridgehead atoms. The van der Waals surface area contributed by atoms with E-state index in [1.807, 2.05) is 6.20 Å². The highest BCUT2D eigenvalue weighted by Crippen LogP contribution is 2.31. The molecule has 7 nitrogen and oxygen atoms in total. The number of hydrogen-bond donors (Lipinski definition) is 3. The zero-order valence-corrected chi connectivity index (χ0v) is 16.7. The Hall–Kier alpha value is -2.64. The van der Waals surface area contributed by atoms with Crippen molar-refractivity contribution in [3.8, 4) is 0 Å². The van der Waals surface area contributed by atoms with Gasteiger partial charge >= 0.3 is 0 Å². The number of benzene rings is 1. The molecule has 2 aliphatic rings. The summed E-state index contributed by atoms with van der Waals surface area (Å²) in [5.41, 5.74) is 9.35. The minimum absolute atomic E-state index is 0.351. The second-order valence-electron chi connectivity index (χ2n) is 8.17. The lowest BCUT2D eigenvalue weighted by molar-refractivity contribution is 0.329. The molecule has 2 fully saturated rings. The number of fused-ring (bicyclic) bond motifs is 1. The van der Waals surface area contributed by atoms with E-state index in [0.29, 0.717) is 18.0 Å². The van der Waals surface area contributed by atoms with Gasteiger partial charge < -0.3 is 25.8 Å². The third-order valence-corrected chi connectivity index (χ3v) is 6.20. The molecule has 0 unspecified atom stereocenters. The lowest BCUT2D eigenvalue weighted by atomic mass is 9.92. The van der Waals surface area contributed by atoms with E-state index in [-0.39, 0.29) is 0 Å². The summed E-state index contributed by atoms with van der Waals surface area (Å²) in [4.78, 5) is 11.7. The maximum absolute atomic E-state index is 6.08. The van der Waals surface area contributed by atoms with E-state index in [1.54, 1.807) is 0 Å². The molecule has 1 aromatic carbocycles. The van der Waals surface area contributed by atoms with Gasteiger partial charge in [-0.3, -0.25) is 0 Å². The molecule has 5 rings (SSSR count). The number of nitrogens with one attached hydrogen (secondary N) is 2. The Morgan fingerprint density at radius 2 is 1.76 bits per heavy atom. The quantitative estimate of drug-likeness (QED) is 0.634. The van der Waals surface area contributed by atoms with Gasteiger partial charge in [-0.2, -0.15) is 4.98 Å². The third-order valence-electron chi connectivity index (χ3n) is 6.20. The molecule has 4 N–H and O–H groups in total. The molecule has 3 aromatic rings. The number of piperazine rings is 1. The van der Waals surface area contributed by atoms with Crippen molar-refractivity contribution < 1.29 is 0 Å². The van der Waals surface area contributed by atoms with Gasteiger partial charge in [-0.15, -0.1) is 0 Å². The lowest BCUT2D eigenvalue weighted by Gasteiger charge is -2.29. The Balaban J connectivity index is 1.33. The van der Waals surface area contributed by atoms with Crippen LogP contribution in [0, 0.1) is 0 Å². The first-order valence-electron chi connectivity index (χ1n) is 10.7. The second kappa shape index (κ2) is 8.00. The Bertz CT molecular complexity index is 951. The average molecular weight is 392 g/mol. The van der Waals surface area contributed by atoms with E-state index >= 15 is 0 Å². The van der Waals surface area contributed by atoms with Crippen LogP contribution in [0.15, 0.2) is 42.7 Å². The van der Waals surface area contributed by atoms with Gasteiger partial charge in [0.15, 0.2) is 0 Å². The molecule has 152 valence electrons. The molecule has 0 spiro atoms. The standard InChI is InChI=1S/C22H29N7/c23-17-1-5-20(6-2-17)29-12-9-16-15-25-22(27-21(16)29)26-18-3-7-19(8-4-18)28-13-10-24-11-14-28/h3-4,7-9,12,15,17,20,24H,1-2,5-6,10-11,13-14,23H2,(H,25,26,27). The van der Waals surface area contributed by atoms with Crippen molar-refractivity contribution >= 4 is 28.4 Å². The van der Waals surface area contributed by atoms with Crippen LogP contribution in [0.5, 0.6) is 0 Å². The number of anilines is 3. The first-order valence-corrected chi connectivity index (χ1v) is 10.7. The van der Waals surface area contributed by atoms with Crippen LogP contribution in [-0.4, -0.2) is 46.8 Å². The van der Waals surface area contributed by atoms with Crippen molar-refractivity contribution in [3.63, 3.8) is 0 Å². The first-order chi connectivity index (χ1) is 14.3. The number of nitrogens with zero attached hydrogens (tertiary/aromatic N) is 4. The van der Waals surface area contributed by atoms with Crippen molar-refractivity contribution in [2.24, 2.45) is 5.73 Å². The minimum Gasteiger partial charge on any atom is -0.369 e. The van der Waals surface area contributed by atoms with E-state index in [2.05, 4.69) is 61.6 Å². The van der Waals surface area contributed by atoms with Crippen molar-refractivity contribution in [2.45, 2.75) is 37.8 Å². The third kappa shape index (κ3) is 3.93. The highest BCUT2D eigenvalue weighted by atomic mass is 15.2. The predicted octanol–water partition coefficient (Wildman–Crippen LogP) is 3.03. The summed E-state index contributed by atoms with van der Waals surface area (Å²) in [6, 6.07) is 11.5. The Morgan fingerprint density at radius 1 is 1.00 bits per heavy atom. The van der Waals surface area contributed by atoms with E-state index in [1.165, 1.54) is 5.69 Å². The van der Waals surface area contributed by atoms with Gasteiger partial charge in [-0.05, 0) is 56.0 Å². The van der Waals surface area contributed by atoms with Crippen molar-refractivity contribution in [3.05, 3.63) is 42.7 Å². The zero-order chi connectivity index (χ0) is 19.6. The van der Waals surface area contributed by atoms with Crippen LogP contribution in [0.2, 0.25) is 0 Å². The molecule has 1 aliphatic heterocycles. The fourth-order valence-electron chi connectivity index (χ4n) is 4.48. The molecular weight excluding hydrogens is 362 g/mol. The molecule has 1 saturated heterocycles. The van der Waals surface area contributed by atoms with Gasteiger partial charge in [0.25, 0.3) is 0 Å². The fourth-order valence-corrected chi connectivity index (χ4v) is 4.48. The number of nitrogens with two attached hydrogens (primary N) is 1. The van der Waals surface area contributed by atoms with Crippen LogP contribution < -0.4 is 21.3 Å². The van der Waals surface area contributed by atoms with Crippen LogP contribution in [-0.2, 0) is 0 Å². The number of aromatic nitrogens is 3. The van der Waals surface area contributed by atoms with Crippen LogP contribution in [0.3, 0.4) is 0 Å². The minimum atomic E-state index is 0.351. The maximum Gasteiger partial charge on any atom is 0.229 e. The van der Waals surface area contributed by atoms with Crippen molar-refractivity contribution in [1.29, 1.82) is 0 Å². The van der Waals surface area contributed by atoms with Gasteiger partial charge in [-0.1, -0.05) is 0 Å². The van der Waals surface area contributed by atoms with Gasteiger partial charge in [0, 0.05) is 67.4 Å². The molecule has 7 heteroatoms. The fraction of sp³-hybridized carbons (Fsp3) is 0.455. The molecule has 2 aromatic heterocycles. The summed E-state index contributed by atoms with van der Waals surface area (Å²) in [5, 5.41) is 7.84. The van der Waals surface area contributed by atoms with Gasteiger partial charge in [0.2, 0.25) is 5.95 Å². The van der Waals surface area contributed by atoms with Gasteiger partial charge in [0.05, 0.1) is 0 Å². The molecule has 3 heterocycles. The smallest absolute Gasteiger partial charge is 0.229 e. The van der Waals surface area contributed by atoms with Crippen LogP contribution in [0.1, 0.15) is 31.7 Å². The monoisotopic (exact) mass is 391 g/mol. The Morgan fingerprint density at radius 3 is 2.52 bits per heavy atom. The second-order valence-corrected chi connectivity index (χ2v) is 8.17. The topological polar surface area (TPSA) is 84.0 Å². The molecule has 0 amide bonds. The highest BCUT2D eigenvalue weighted by molar-refractivity contribution is 5.77. The largest absolute Gasteiger partial charge is 0.369 e. The van der Waals surface area contributed by atoms with Gasteiger partial charge in [0.1, 0.15) is 5.65 Å². The van der Waals surface area contributed by atoms with E-state index in [9.17, 15) is 0 Å².